The highest BCUT2D eigenvalue weighted by Crippen LogP contribution is 2.30. The molecule has 2 aliphatic rings. The van der Waals surface area contributed by atoms with Gasteiger partial charge in [0, 0.05) is 29.9 Å². The highest BCUT2D eigenvalue weighted by atomic mass is 32.1. The summed E-state index contributed by atoms with van der Waals surface area (Å²) in [5, 5.41) is 8.56. The smallest absolute Gasteiger partial charge is 0.322 e. The number of imide groups is 1. The first-order valence-electron chi connectivity index (χ1n) is 8.57. The second-order valence-electron chi connectivity index (χ2n) is 6.79. The van der Waals surface area contributed by atoms with Gasteiger partial charge < -0.3 is 15.5 Å². The Balaban J connectivity index is 1.55. The van der Waals surface area contributed by atoms with E-state index in [-0.39, 0.29) is 11.8 Å². The molecule has 8 heteroatoms. The van der Waals surface area contributed by atoms with Gasteiger partial charge in [-0.25, -0.2) is 4.79 Å². The number of amides is 3. The van der Waals surface area contributed by atoms with Gasteiger partial charge in [-0.2, -0.15) is 0 Å². The van der Waals surface area contributed by atoms with Gasteiger partial charge in [-0.05, 0) is 44.7 Å². The van der Waals surface area contributed by atoms with E-state index in [1.807, 2.05) is 6.92 Å². The maximum absolute atomic E-state index is 12.1. The van der Waals surface area contributed by atoms with Crippen LogP contribution in [0.5, 0.6) is 0 Å². The number of carbonyl (C=O) groups excluding carboxylic acids is 2. The normalized spacial score (nSPS) is 25.1. The zero-order chi connectivity index (χ0) is 18.0. The van der Waals surface area contributed by atoms with Crippen molar-refractivity contribution in [1.29, 1.82) is 0 Å². The van der Waals surface area contributed by atoms with Crippen LogP contribution in [-0.2, 0) is 11.3 Å². The highest BCUT2D eigenvalue weighted by Gasteiger charge is 2.48. The van der Waals surface area contributed by atoms with E-state index in [0.717, 1.165) is 38.4 Å². The van der Waals surface area contributed by atoms with Crippen LogP contribution >= 0.6 is 11.3 Å². The predicted octanol–water partition coefficient (Wildman–Crippen LogP) is 1.44. The lowest BCUT2D eigenvalue weighted by atomic mass is 9.79. The fraction of sp³-hybridized carbons (Fsp3) is 0.588. The van der Waals surface area contributed by atoms with Gasteiger partial charge in [0.1, 0.15) is 5.54 Å². The predicted molar refractivity (Wildman–Crippen MR) is 98.6 cm³/mol. The molecule has 1 unspecified atom stereocenters. The molecular formula is C17H25N5O2S. The van der Waals surface area contributed by atoms with Crippen molar-refractivity contribution in [3.8, 4) is 0 Å². The molecule has 25 heavy (non-hydrogen) atoms. The molecule has 0 bridgehead atoms. The number of carbonyl (C=O) groups is 2. The number of thiophene rings is 1. The SMILES string of the molecule is CN=C(NCc1ccc(C)s1)N1CCC(C2(C)NC(=O)NC2=O)CC1. The summed E-state index contributed by atoms with van der Waals surface area (Å²) >= 11 is 1.78. The minimum atomic E-state index is -0.797. The lowest BCUT2D eigenvalue weighted by molar-refractivity contribution is -0.125. The van der Waals surface area contributed by atoms with Gasteiger partial charge >= 0.3 is 6.03 Å². The number of rotatable bonds is 3. The second-order valence-corrected chi connectivity index (χ2v) is 8.16. The van der Waals surface area contributed by atoms with E-state index >= 15 is 0 Å². The highest BCUT2D eigenvalue weighted by molar-refractivity contribution is 7.11. The van der Waals surface area contributed by atoms with Crippen molar-refractivity contribution in [3.05, 3.63) is 21.9 Å². The molecule has 3 amide bonds. The molecule has 0 saturated carbocycles. The maximum Gasteiger partial charge on any atom is 0.322 e. The first-order valence-corrected chi connectivity index (χ1v) is 9.38. The standard InChI is InChI=1S/C17H25N5O2S/c1-11-4-5-13(25-11)10-19-15(18-3)22-8-6-12(7-9-22)17(2)14(23)20-16(24)21-17/h4-5,12H,6-10H2,1-3H3,(H,18,19)(H2,20,21,23,24). The fourth-order valence-corrected chi connectivity index (χ4v) is 4.42. The summed E-state index contributed by atoms with van der Waals surface area (Å²) in [5.74, 6) is 0.800. The van der Waals surface area contributed by atoms with Crippen LogP contribution in [-0.4, -0.2) is 48.5 Å². The first-order chi connectivity index (χ1) is 11.9. The van der Waals surface area contributed by atoms with Crippen LogP contribution in [0.4, 0.5) is 4.79 Å². The molecule has 1 aromatic heterocycles. The summed E-state index contributed by atoms with van der Waals surface area (Å²) in [5.41, 5.74) is -0.797. The summed E-state index contributed by atoms with van der Waals surface area (Å²) < 4.78 is 0. The van der Waals surface area contributed by atoms with Gasteiger partial charge in [-0.1, -0.05) is 0 Å². The molecule has 7 nitrogen and oxygen atoms in total. The number of piperidine rings is 1. The quantitative estimate of drug-likeness (QED) is 0.431. The molecule has 0 aliphatic carbocycles. The Labute approximate surface area is 151 Å². The summed E-state index contributed by atoms with van der Waals surface area (Å²) in [4.78, 5) is 32.8. The average Bonchev–Trinajstić information content (AvgIpc) is 3.12. The van der Waals surface area contributed by atoms with Crippen molar-refractivity contribution in [1.82, 2.24) is 20.9 Å². The van der Waals surface area contributed by atoms with E-state index in [0.29, 0.717) is 0 Å². The van der Waals surface area contributed by atoms with Gasteiger partial charge in [0.25, 0.3) is 5.91 Å². The van der Waals surface area contributed by atoms with E-state index in [1.54, 1.807) is 18.4 Å². The average molecular weight is 363 g/mol. The van der Waals surface area contributed by atoms with E-state index < -0.39 is 11.6 Å². The largest absolute Gasteiger partial charge is 0.351 e. The third-order valence-corrected chi connectivity index (χ3v) is 6.11. The third kappa shape index (κ3) is 3.63. The van der Waals surface area contributed by atoms with Crippen molar-refractivity contribution in [2.75, 3.05) is 20.1 Å². The molecule has 2 aliphatic heterocycles. The van der Waals surface area contributed by atoms with E-state index in [4.69, 9.17) is 0 Å². The lowest BCUT2D eigenvalue weighted by Crippen LogP contribution is -2.55. The maximum atomic E-state index is 12.1. The first kappa shape index (κ1) is 17.7. The Hall–Kier alpha value is -2.09. The van der Waals surface area contributed by atoms with Crippen LogP contribution in [0.25, 0.3) is 0 Å². The Bertz CT molecular complexity index is 693. The van der Waals surface area contributed by atoms with Gasteiger partial charge in [-0.15, -0.1) is 11.3 Å². The molecule has 3 rings (SSSR count). The monoisotopic (exact) mass is 363 g/mol. The molecule has 0 spiro atoms. The fourth-order valence-electron chi connectivity index (χ4n) is 3.59. The minimum absolute atomic E-state index is 0.133. The van der Waals surface area contributed by atoms with Crippen LogP contribution in [0.3, 0.4) is 0 Å². The molecule has 1 atom stereocenters. The summed E-state index contributed by atoms with van der Waals surface area (Å²) in [6.07, 6.45) is 1.67. The van der Waals surface area contributed by atoms with Gasteiger partial charge in [0.2, 0.25) is 0 Å². The summed E-state index contributed by atoms with van der Waals surface area (Å²) in [6.45, 7) is 6.31. The summed E-state index contributed by atoms with van der Waals surface area (Å²) in [6, 6.07) is 3.87. The van der Waals surface area contributed by atoms with Crippen molar-refractivity contribution < 1.29 is 9.59 Å². The number of guanidine groups is 1. The molecule has 3 N–H and O–H groups in total. The van der Waals surface area contributed by atoms with Crippen LogP contribution in [0.2, 0.25) is 0 Å². The van der Waals surface area contributed by atoms with Crippen molar-refractivity contribution in [3.63, 3.8) is 0 Å². The molecule has 136 valence electrons. The van der Waals surface area contributed by atoms with Gasteiger partial charge in [0.05, 0.1) is 6.54 Å². The van der Waals surface area contributed by atoms with E-state index in [9.17, 15) is 9.59 Å². The van der Waals surface area contributed by atoms with Crippen LogP contribution < -0.4 is 16.0 Å². The number of likely N-dealkylation sites (tertiary alicyclic amines) is 1. The lowest BCUT2D eigenvalue weighted by Gasteiger charge is -2.39. The van der Waals surface area contributed by atoms with E-state index in [2.05, 4.69) is 44.9 Å². The summed E-state index contributed by atoms with van der Waals surface area (Å²) in [7, 11) is 1.79. The van der Waals surface area contributed by atoms with E-state index in [1.165, 1.54) is 9.75 Å². The molecule has 0 radical (unpaired) electrons. The molecule has 3 heterocycles. The van der Waals surface area contributed by atoms with Crippen molar-refractivity contribution >= 4 is 29.2 Å². The van der Waals surface area contributed by atoms with Crippen LogP contribution in [0, 0.1) is 12.8 Å². The number of urea groups is 1. The number of hydrogen-bond donors (Lipinski definition) is 3. The zero-order valence-corrected chi connectivity index (χ0v) is 15.7. The van der Waals surface area contributed by atoms with Gasteiger partial charge in [0.15, 0.2) is 5.96 Å². The molecule has 2 saturated heterocycles. The van der Waals surface area contributed by atoms with Crippen LogP contribution in [0.15, 0.2) is 17.1 Å². The van der Waals surface area contributed by atoms with Crippen molar-refractivity contribution in [2.24, 2.45) is 10.9 Å². The number of aliphatic imine (C=N–C) groups is 1. The zero-order valence-electron chi connectivity index (χ0n) is 14.9. The van der Waals surface area contributed by atoms with Gasteiger partial charge in [-0.3, -0.25) is 15.1 Å². The Morgan fingerprint density at radius 1 is 1.40 bits per heavy atom. The number of aryl methyl sites for hydroxylation is 1. The Morgan fingerprint density at radius 3 is 2.64 bits per heavy atom. The number of nitrogens with one attached hydrogen (secondary N) is 3. The Kier molecular flexibility index (Phi) is 4.99. The second kappa shape index (κ2) is 7.03. The topological polar surface area (TPSA) is 85.8 Å². The molecular weight excluding hydrogens is 338 g/mol. The number of nitrogens with zero attached hydrogens (tertiary/aromatic N) is 2. The minimum Gasteiger partial charge on any atom is -0.351 e. The van der Waals surface area contributed by atoms with Crippen molar-refractivity contribution in [2.45, 2.75) is 38.8 Å². The number of hydrogen-bond acceptors (Lipinski definition) is 4. The Morgan fingerprint density at radius 2 is 2.12 bits per heavy atom. The molecule has 1 aromatic rings. The van der Waals surface area contributed by atoms with Crippen LogP contribution in [0.1, 0.15) is 29.5 Å². The third-order valence-electron chi connectivity index (χ3n) is 5.11. The molecule has 0 aromatic carbocycles. The molecule has 2 fully saturated rings.